The van der Waals surface area contributed by atoms with Crippen molar-refractivity contribution < 1.29 is 0 Å². The first-order valence-electron chi connectivity index (χ1n) is 11.0. The van der Waals surface area contributed by atoms with Crippen LogP contribution < -0.4 is 0 Å². The topological polar surface area (TPSA) is 0 Å². The smallest absolute Gasteiger partial charge is 0.0679 e. The van der Waals surface area contributed by atoms with Crippen molar-refractivity contribution >= 4 is 24.9 Å². The maximum Gasteiger partial charge on any atom is 0.0726 e. The average Bonchev–Trinajstić information content (AvgIpc) is 3.29. The zero-order valence-corrected chi connectivity index (χ0v) is 18.8. The summed E-state index contributed by atoms with van der Waals surface area (Å²) in [5.74, 6) is 0. The summed E-state index contributed by atoms with van der Waals surface area (Å²) < 4.78 is 0. The molecule has 4 aromatic carbocycles. The van der Waals surface area contributed by atoms with Crippen LogP contribution in [0.2, 0.25) is 13.1 Å². The highest BCUT2D eigenvalue weighted by Crippen LogP contribution is 2.55. The highest BCUT2D eigenvalue weighted by molar-refractivity contribution is 6.82. The summed E-state index contributed by atoms with van der Waals surface area (Å²) in [6.07, 6.45) is 2.48. The average molecular weight is 403 g/mol. The molecule has 0 saturated heterocycles. The van der Waals surface area contributed by atoms with Gasteiger partial charge in [-0.15, -0.1) is 0 Å². The monoisotopic (exact) mass is 402 g/mol. The Morgan fingerprint density at radius 1 is 0.600 bits per heavy atom. The number of hydrogen-bond donors (Lipinski definition) is 0. The van der Waals surface area contributed by atoms with Gasteiger partial charge in [0.05, 0.1) is 8.07 Å². The van der Waals surface area contributed by atoms with Crippen LogP contribution in [0.5, 0.6) is 0 Å². The molecule has 2 aliphatic rings. The van der Waals surface area contributed by atoms with E-state index in [0.717, 1.165) is 0 Å². The Bertz CT molecular complexity index is 1300. The number of benzene rings is 4. The Balaban J connectivity index is 1.56. The third-order valence-corrected chi connectivity index (χ3v) is 11.8. The fourth-order valence-electron chi connectivity index (χ4n) is 6.39. The molecule has 30 heavy (non-hydrogen) atoms. The summed E-state index contributed by atoms with van der Waals surface area (Å²) in [5, 5.41) is 2.74. The van der Waals surface area contributed by atoms with Crippen LogP contribution in [-0.2, 0) is 0 Å². The molecule has 0 aromatic heterocycles. The molecular formula is C29H26Si. The predicted molar refractivity (Wildman–Crippen MR) is 132 cm³/mol. The predicted octanol–water partition coefficient (Wildman–Crippen LogP) is 7.94. The SMILES string of the molecule is CC1=Cc2c(ccc3ccccc23)C1[Si](C)(C)C1c2ccccc2-c2ccccc21. The Labute approximate surface area is 179 Å². The lowest BCUT2D eigenvalue weighted by molar-refractivity contribution is 0.987. The summed E-state index contributed by atoms with van der Waals surface area (Å²) in [7, 11) is -1.81. The molecule has 0 bridgehead atoms. The molecule has 0 aliphatic heterocycles. The van der Waals surface area contributed by atoms with Crippen LogP contribution in [0.15, 0.2) is 90.5 Å². The molecule has 0 spiro atoms. The van der Waals surface area contributed by atoms with Crippen molar-refractivity contribution in [2.75, 3.05) is 0 Å². The molecule has 1 unspecified atom stereocenters. The molecule has 0 N–H and O–H groups in total. The first-order chi connectivity index (χ1) is 14.6. The Morgan fingerprint density at radius 3 is 1.90 bits per heavy atom. The fourth-order valence-corrected chi connectivity index (χ4v) is 11.1. The summed E-state index contributed by atoms with van der Waals surface area (Å²) in [5.41, 5.74) is 11.6. The van der Waals surface area contributed by atoms with E-state index in [1.54, 1.807) is 11.1 Å². The molecule has 4 aromatic rings. The second-order valence-corrected chi connectivity index (χ2v) is 14.3. The van der Waals surface area contributed by atoms with Gasteiger partial charge in [0.2, 0.25) is 0 Å². The molecule has 1 heteroatoms. The van der Waals surface area contributed by atoms with Gasteiger partial charge < -0.3 is 0 Å². The molecule has 0 nitrogen and oxygen atoms in total. The number of rotatable bonds is 2. The van der Waals surface area contributed by atoms with Gasteiger partial charge in [0.15, 0.2) is 0 Å². The zero-order chi connectivity index (χ0) is 20.5. The highest BCUT2D eigenvalue weighted by atomic mass is 28.3. The van der Waals surface area contributed by atoms with Crippen molar-refractivity contribution in [3.63, 3.8) is 0 Å². The van der Waals surface area contributed by atoms with Crippen molar-refractivity contribution in [3.8, 4) is 11.1 Å². The van der Waals surface area contributed by atoms with Gasteiger partial charge in [-0.2, -0.15) is 0 Å². The van der Waals surface area contributed by atoms with E-state index in [4.69, 9.17) is 0 Å². The molecule has 0 amide bonds. The van der Waals surface area contributed by atoms with Crippen LogP contribution in [0.1, 0.15) is 40.3 Å². The summed E-state index contributed by atoms with van der Waals surface area (Å²) in [6.45, 7) is 7.59. The normalized spacial score (nSPS) is 17.6. The van der Waals surface area contributed by atoms with Gasteiger partial charge in [0.25, 0.3) is 0 Å². The Hall–Kier alpha value is -2.90. The van der Waals surface area contributed by atoms with E-state index >= 15 is 0 Å². The second kappa shape index (κ2) is 6.30. The number of allylic oxidation sites excluding steroid dienone is 1. The first-order valence-corrected chi connectivity index (χ1v) is 14.1. The third-order valence-electron chi connectivity index (χ3n) is 7.46. The zero-order valence-electron chi connectivity index (χ0n) is 17.8. The van der Waals surface area contributed by atoms with Crippen LogP contribution >= 0.6 is 0 Å². The molecule has 1 atom stereocenters. The van der Waals surface area contributed by atoms with Gasteiger partial charge in [-0.3, -0.25) is 0 Å². The minimum atomic E-state index is -1.81. The van der Waals surface area contributed by atoms with Crippen LogP contribution in [0.4, 0.5) is 0 Å². The van der Waals surface area contributed by atoms with Crippen molar-refractivity contribution in [1.82, 2.24) is 0 Å². The maximum absolute atomic E-state index is 2.61. The van der Waals surface area contributed by atoms with E-state index in [0.29, 0.717) is 11.1 Å². The van der Waals surface area contributed by atoms with E-state index in [1.165, 1.54) is 38.6 Å². The largest absolute Gasteiger partial charge is 0.0726 e. The maximum atomic E-state index is 2.61. The molecule has 2 aliphatic carbocycles. The molecule has 0 saturated carbocycles. The van der Waals surface area contributed by atoms with Gasteiger partial charge in [-0.1, -0.05) is 110 Å². The molecule has 6 rings (SSSR count). The van der Waals surface area contributed by atoms with E-state index in [1.807, 2.05) is 0 Å². The van der Waals surface area contributed by atoms with Crippen LogP contribution in [0, 0.1) is 0 Å². The molecule has 0 radical (unpaired) electrons. The van der Waals surface area contributed by atoms with E-state index in [2.05, 4.69) is 111 Å². The van der Waals surface area contributed by atoms with Crippen LogP contribution in [-0.4, -0.2) is 8.07 Å². The van der Waals surface area contributed by atoms with Crippen LogP contribution in [0.3, 0.4) is 0 Å². The lowest BCUT2D eigenvalue weighted by atomic mass is 10.0. The van der Waals surface area contributed by atoms with E-state index < -0.39 is 8.07 Å². The van der Waals surface area contributed by atoms with E-state index in [-0.39, 0.29) is 0 Å². The summed E-state index contributed by atoms with van der Waals surface area (Å²) in [4.78, 5) is 0. The fraction of sp³-hybridized carbons (Fsp3) is 0.172. The van der Waals surface area contributed by atoms with Crippen molar-refractivity contribution in [2.24, 2.45) is 0 Å². The Morgan fingerprint density at radius 2 is 1.20 bits per heavy atom. The first kappa shape index (κ1) is 17.9. The van der Waals surface area contributed by atoms with Crippen LogP contribution in [0.25, 0.3) is 28.0 Å². The summed E-state index contributed by atoms with van der Waals surface area (Å²) in [6, 6.07) is 31.8. The van der Waals surface area contributed by atoms with E-state index in [9.17, 15) is 0 Å². The third kappa shape index (κ3) is 2.33. The van der Waals surface area contributed by atoms with Crippen molar-refractivity contribution in [1.29, 1.82) is 0 Å². The van der Waals surface area contributed by atoms with Gasteiger partial charge in [-0.25, -0.2) is 0 Å². The molecular weight excluding hydrogens is 376 g/mol. The Kier molecular flexibility index (Phi) is 3.76. The standard InChI is InChI=1S/C29H26Si/c1-19-18-27-21-11-5-4-10-20(21)16-17-26(27)28(19)30(2,3)29-24-14-8-6-12-22(24)23-13-7-9-15-25(23)29/h4-18,28-29H,1-3H3. The minimum absolute atomic E-state index is 0.524. The van der Waals surface area contributed by atoms with Gasteiger partial charge >= 0.3 is 0 Å². The molecule has 0 heterocycles. The summed E-state index contributed by atoms with van der Waals surface area (Å²) >= 11 is 0. The molecule has 146 valence electrons. The second-order valence-electron chi connectivity index (χ2n) is 9.54. The van der Waals surface area contributed by atoms with Gasteiger partial charge in [0.1, 0.15) is 0 Å². The lowest BCUT2D eigenvalue weighted by Crippen LogP contribution is -2.42. The van der Waals surface area contributed by atoms with Crippen molar-refractivity contribution in [3.05, 3.63) is 113 Å². The van der Waals surface area contributed by atoms with Gasteiger partial charge in [-0.05, 0) is 51.1 Å². The number of hydrogen-bond acceptors (Lipinski definition) is 0. The minimum Gasteiger partial charge on any atom is -0.0679 e. The van der Waals surface area contributed by atoms with Gasteiger partial charge in [0, 0.05) is 11.1 Å². The van der Waals surface area contributed by atoms with Crippen molar-refractivity contribution in [2.45, 2.75) is 31.1 Å². The lowest BCUT2D eigenvalue weighted by Gasteiger charge is -2.38. The number of fused-ring (bicyclic) bond motifs is 6. The quantitative estimate of drug-likeness (QED) is 0.298. The molecule has 0 fully saturated rings. The highest BCUT2D eigenvalue weighted by Gasteiger charge is 2.48.